The van der Waals surface area contributed by atoms with Crippen molar-refractivity contribution in [2.45, 2.75) is 13.5 Å². The van der Waals surface area contributed by atoms with Gasteiger partial charge in [0.05, 0.1) is 51.3 Å². The predicted octanol–water partition coefficient (Wildman–Crippen LogP) is 5.07. The molecule has 2 aromatic carbocycles. The van der Waals surface area contributed by atoms with Gasteiger partial charge in [-0.25, -0.2) is 4.99 Å². The molecule has 11 heteroatoms. The van der Waals surface area contributed by atoms with Crippen molar-refractivity contribution >= 4 is 39.8 Å². The van der Waals surface area contributed by atoms with Crippen LogP contribution in [0.15, 0.2) is 78.1 Å². The molecule has 0 atom stereocenters. The normalized spacial score (nSPS) is 11.7. The Kier molecular flexibility index (Phi) is 9.58. The molecule has 1 amide bonds. The fourth-order valence-electron chi connectivity index (χ4n) is 3.91. The van der Waals surface area contributed by atoms with E-state index in [2.05, 4.69) is 16.4 Å². The number of benzene rings is 2. The van der Waals surface area contributed by atoms with Crippen LogP contribution < -0.4 is 20.1 Å². The van der Waals surface area contributed by atoms with E-state index in [1.807, 2.05) is 44.1 Å². The van der Waals surface area contributed by atoms with Gasteiger partial charge >= 0.3 is 0 Å². The maximum Gasteiger partial charge on any atom is 0.248 e. The van der Waals surface area contributed by atoms with E-state index in [0.717, 1.165) is 10.4 Å². The summed E-state index contributed by atoms with van der Waals surface area (Å²) in [6, 6.07) is 15.8. The van der Waals surface area contributed by atoms with Crippen molar-refractivity contribution in [2.24, 2.45) is 4.99 Å². The summed E-state index contributed by atoms with van der Waals surface area (Å²) in [4.78, 5) is 23.5. The molecule has 0 saturated carbocycles. The molecule has 0 bridgehead atoms. The van der Waals surface area contributed by atoms with Crippen LogP contribution in [0.3, 0.4) is 0 Å². The van der Waals surface area contributed by atoms with Gasteiger partial charge in [0, 0.05) is 30.3 Å². The quantitative estimate of drug-likeness (QED) is 0.201. The Hall–Kier alpha value is -4.85. The summed E-state index contributed by atoms with van der Waals surface area (Å²) in [5, 5.41) is 24.4. The number of halogens is 1. The van der Waals surface area contributed by atoms with E-state index in [1.54, 1.807) is 42.6 Å². The molecule has 10 nitrogen and oxygen atoms in total. The first kappa shape index (κ1) is 29.1. The third kappa shape index (κ3) is 7.42. The number of nitrogens with zero attached hydrogens (tertiary/aromatic N) is 5. The van der Waals surface area contributed by atoms with Crippen LogP contribution in [0.25, 0.3) is 10.9 Å². The van der Waals surface area contributed by atoms with Crippen LogP contribution in [-0.2, 0) is 11.4 Å². The second kappa shape index (κ2) is 13.5. The number of rotatable bonds is 10. The number of nitrogens with one attached hydrogen (secondary N) is 1. The third-order valence-electron chi connectivity index (χ3n) is 5.78. The highest BCUT2D eigenvalue weighted by molar-refractivity contribution is 6.32. The first-order valence-corrected chi connectivity index (χ1v) is 13.1. The maximum absolute atomic E-state index is 12.6. The second-order valence-corrected chi connectivity index (χ2v) is 9.54. The van der Waals surface area contributed by atoms with E-state index in [1.165, 1.54) is 12.3 Å². The summed E-state index contributed by atoms with van der Waals surface area (Å²) in [6.07, 6.45) is 6.12. The molecular weight excluding hydrogens is 544 g/mol. The van der Waals surface area contributed by atoms with Gasteiger partial charge < -0.3 is 24.9 Å². The lowest BCUT2D eigenvalue weighted by molar-refractivity contribution is -0.111. The van der Waals surface area contributed by atoms with Gasteiger partial charge in [-0.2, -0.15) is 9.99 Å². The molecule has 210 valence electrons. The molecule has 0 aliphatic carbocycles. The van der Waals surface area contributed by atoms with Gasteiger partial charge in [-0.1, -0.05) is 23.7 Å². The lowest BCUT2D eigenvalue weighted by atomic mass is 10.1. The number of fused-ring (bicyclic) bond motifs is 1. The molecule has 2 N–H and O–H groups in total. The Morgan fingerprint density at radius 3 is 2.73 bits per heavy atom. The summed E-state index contributed by atoms with van der Waals surface area (Å²) >= 11 is 6.49. The highest BCUT2D eigenvalue weighted by Crippen LogP contribution is 2.32. The first-order valence-electron chi connectivity index (χ1n) is 12.7. The lowest BCUT2D eigenvalue weighted by Gasteiger charge is -2.14. The Bertz CT molecular complexity index is 1690. The fourth-order valence-corrected chi connectivity index (χ4v) is 4.14. The molecule has 0 aliphatic heterocycles. The maximum atomic E-state index is 12.6. The number of anilines is 1. The summed E-state index contributed by atoms with van der Waals surface area (Å²) in [7, 11) is 3.80. The number of carbonyl (C=O) groups is 1. The smallest absolute Gasteiger partial charge is 0.248 e. The zero-order valence-corrected chi connectivity index (χ0v) is 23.6. The van der Waals surface area contributed by atoms with Crippen molar-refractivity contribution in [1.82, 2.24) is 14.6 Å². The van der Waals surface area contributed by atoms with E-state index in [0.29, 0.717) is 52.0 Å². The molecule has 4 rings (SSSR count). The van der Waals surface area contributed by atoms with Crippen LogP contribution in [0, 0.1) is 11.3 Å². The van der Waals surface area contributed by atoms with Crippen LogP contribution in [0.1, 0.15) is 18.2 Å². The van der Waals surface area contributed by atoms with Gasteiger partial charge in [0.2, 0.25) is 5.91 Å². The average Bonchev–Trinajstić information content (AvgIpc) is 2.95. The van der Waals surface area contributed by atoms with Crippen molar-refractivity contribution in [2.75, 3.05) is 32.6 Å². The molecule has 0 unspecified atom stereocenters. The minimum Gasteiger partial charge on any atom is -0.492 e. The van der Waals surface area contributed by atoms with Crippen LogP contribution >= 0.6 is 11.6 Å². The topological polar surface area (TPSA) is 125 Å². The van der Waals surface area contributed by atoms with Crippen LogP contribution in [-0.4, -0.2) is 53.0 Å². The molecule has 0 fully saturated rings. The molecule has 2 aromatic heterocycles. The summed E-state index contributed by atoms with van der Waals surface area (Å²) in [5.74, 6) is 0.453. The minimum atomic E-state index is -0.355. The lowest BCUT2D eigenvalue weighted by Crippen LogP contribution is -2.16. The zero-order valence-electron chi connectivity index (χ0n) is 22.8. The number of amides is 1. The van der Waals surface area contributed by atoms with Gasteiger partial charge in [-0.3, -0.25) is 9.78 Å². The van der Waals surface area contributed by atoms with E-state index in [4.69, 9.17) is 26.1 Å². The number of aromatic nitrogens is 2. The third-order valence-corrected chi connectivity index (χ3v) is 6.08. The van der Waals surface area contributed by atoms with Gasteiger partial charge in [-0.15, -0.1) is 0 Å². The Morgan fingerprint density at radius 2 is 2.05 bits per heavy atom. The number of hydrogen-bond acceptors (Lipinski definition) is 8. The average molecular weight is 573 g/mol. The fraction of sp³-hybridized carbons (Fsp3) is 0.200. The summed E-state index contributed by atoms with van der Waals surface area (Å²) in [5.41, 5.74) is 2.01. The molecule has 0 spiro atoms. The largest absolute Gasteiger partial charge is 0.492 e. The number of carbonyl (C=O) groups excluding carboxylic acids is 1. The zero-order chi connectivity index (χ0) is 29.4. The number of hydrogen-bond donors (Lipinski definition) is 2. The van der Waals surface area contributed by atoms with Crippen molar-refractivity contribution in [1.29, 1.82) is 5.26 Å². The number of ether oxygens (including phenoxy) is 2. The number of nitriles is 1. The summed E-state index contributed by atoms with van der Waals surface area (Å²) < 4.78 is 12.4. The summed E-state index contributed by atoms with van der Waals surface area (Å²) in [6.45, 7) is 2.98. The molecule has 2 heterocycles. The molecular formula is C30H29ClN6O4. The van der Waals surface area contributed by atoms with Crippen molar-refractivity contribution in [3.8, 4) is 17.6 Å². The highest BCUT2D eigenvalue weighted by Gasteiger charge is 2.15. The highest BCUT2D eigenvalue weighted by atomic mass is 35.5. The Morgan fingerprint density at radius 1 is 1.22 bits per heavy atom. The van der Waals surface area contributed by atoms with Crippen LogP contribution in [0.5, 0.6) is 11.5 Å². The van der Waals surface area contributed by atoms with E-state index in [-0.39, 0.29) is 23.4 Å². The first-order chi connectivity index (χ1) is 19.8. The van der Waals surface area contributed by atoms with Gasteiger partial charge in [-0.05, 0) is 57.4 Å². The monoisotopic (exact) mass is 572 g/mol. The number of likely N-dealkylation sites (N-methyl/N-ethyl adjacent to an activating group) is 1. The molecule has 4 aromatic rings. The predicted molar refractivity (Wildman–Crippen MR) is 157 cm³/mol. The molecule has 41 heavy (non-hydrogen) atoms. The van der Waals surface area contributed by atoms with Crippen molar-refractivity contribution < 1.29 is 19.5 Å². The Labute approximate surface area is 242 Å². The molecule has 0 radical (unpaired) electrons. The molecule has 0 saturated heterocycles. The Balaban J connectivity index is 1.76. The van der Waals surface area contributed by atoms with Crippen molar-refractivity contribution in [3.63, 3.8) is 0 Å². The molecule has 0 aliphatic rings. The van der Waals surface area contributed by atoms with Crippen molar-refractivity contribution in [3.05, 3.63) is 94.7 Å². The number of pyridine rings is 2. The van der Waals surface area contributed by atoms with E-state index >= 15 is 0 Å². The van der Waals surface area contributed by atoms with Crippen LogP contribution in [0.4, 0.5) is 11.4 Å². The van der Waals surface area contributed by atoms with Gasteiger partial charge in [0.1, 0.15) is 24.2 Å². The minimum absolute atomic E-state index is 0.110. The van der Waals surface area contributed by atoms with Gasteiger partial charge in [0.15, 0.2) is 0 Å². The van der Waals surface area contributed by atoms with Crippen LogP contribution in [0.2, 0.25) is 5.02 Å². The van der Waals surface area contributed by atoms with Gasteiger partial charge in [0.25, 0.3) is 0 Å². The van der Waals surface area contributed by atoms with E-state index < -0.39 is 0 Å². The second-order valence-electron chi connectivity index (χ2n) is 9.14. The SMILES string of the molecule is CCOc1cc2c(cc1NC(=O)C=CCN(C)C)c(=Nc1ccc(OCc3ccccn3)c(Cl)c1)c(C#N)cn2O. The van der Waals surface area contributed by atoms with E-state index in [9.17, 15) is 15.3 Å². The standard InChI is InChI=1S/C30H29ClN6O4/c1-4-40-28-16-26-23(15-25(28)35-29(38)9-7-13-36(2)3)30(20(17-32)18-37(26)39)34-21-10-11-27(24(31)14-21)41-19-22-8-5-6-12-33-22/h5-12,14-16,18,39H,4,13,19H2,1-3H3,(H,35,38).